The molecule has 2 unspecified atom stereocenters. The molecule has 18 heavy (non-hydrogen) atoms. The van der Waals surface area contributed by atoms with Gasteiger partial charge in [0.25, 0.3) is 5.69 Å². The van der Waals surface area contributed by atoms with E-state index in [9.17, 15) is 14.9 Å². The number of non-ortho nitro benzene ring substituents is 1. The molecule has 0 heterocycles. The zero-order valence-electron chi connectivity index (χ0n) is 9.65. The van der Waals surface area contributed by atoms with Crippen molar-refractivity contribution >= 4 is 11.7 Å². The van der Waals surface area contributed by atoms with E-state index in [1.807, 2.05) is 0 Å². The van der Waals surface area contributed by atoms with Gasteiger partial charge in [-0.2, -0.15) is 0 Å². The quantitative estimate of drug-likeness (QED) is 0.453. The molecule has 0 radical (unpaired) electrons. The average Bonchev–Trinajstić information content (AvgIpc) is 2.35. The van der Waals surface area contributed by atoms with Gasteiger partial charge >= 0.3 is 5.97 Å². The number of nitrogens with two attached hydrogens (primary N) is 1. The minimum absolute atomic E-state index is 0.0417. The lowest BCUT2D eigenvalue weighted by Gasteiger charge is -2.19. The SMILES string of the molecule is C=CC(N)C(CC(=O)O)c1ccc([N+](=O)[O-])cc1. The van der Waals surface area contributed by atoms with Gasteiger partial charge in [0.05, 0.1) is 11.3 Å². The number of rotatable bonds is 6. The summed E-state index contributed by atoms with van der Waals surface area (Å²) in [5.41, 5.74) is 6.39. The number of hydrogen-bond donors (Lipinski definition) is 2. The lowest BCUT2D eigenvalue weighted by Crippen LogP contribution is -2.27. The number of nitro groups is 1. The first-order chi connectivity index (χ1) is 8.45. The van der Waals surface area contributed by atoms with E-state index in [0.29, 0.717) is 5.56 Å². The Labute approximate surface area is 104 Å². The van der Waals surface area contributed by atoms with E-state index in [-0.39, 0.29) is 12.1 Å². The Balaban J connectivity index is 3.01. The molecule has 1 aromatic rings. The Kier molecular flexibility index (Phi) is 4.56. The van der Waals surface area contributed by atoms with Crippen LogP contribution in [0, 0.1) is 10.1 Å². The van der Waals surface area contributed by atoms with Gasteiger partial charge in [-0.1, -0.05) is 18.2 Å². The van der Waals surface area contributed by atoms with Crippen LogP contribution in [0.5, 0.6) is 0 Å². The fourth-order valence-electron chi connectivity index (χ4n) is 1.67. The summed E-state index contributed by atoms with van der Waals surface area (Å²) in [6.07, 6.45) is 1.32. The zero-order chi connectivity index (χ0) is 13.7. The van der Waals surface area contributed by atoms with Gasteiger partial charge in [-0.3, -0.25) is 14.9 Å². The number of hydrogen-bond acceptors (Lipinski definition) is 4. The normalized spacial score (nSPS) is 13.6. The van der Waals surface area contributed by atoms with Crippen molar-refractivity contribution in [3.05, 3.63) is 52.6 Å². The number of nitro benzene ring substituents is 1. The van der Waals surface area contributed by atoms with Gasteiger partial charge in [0.1, 0.15) is 0 Å². The second kappa shape index (κ2) is 5.92. The Hall–Kier alpha value is -2.21. The van der Waals surface area contributed by atoms with Gasteiger partial charge in [0.2, 0.25) is 0 Å². The largest absolute Gasteiger partial charge is 0.481 e. The van der Waals surface area contributed by atoms with E-state index in [1.165, 1.54) is 30.3 Å². The van der Waals surface area contributed by atoms with Crippen LogP contribution in [0.2, 0.25) is 0 Å². The molecular formula is C12H14N2O4. The maximum atomic E-state index is 10.8. The number of nitrogens with zero attached hydrogens (tertiary/aromatic N) is 1. The summed E-state index contributed by atoms with van der Waals surface area (Å²) < 4.78 is 0. The van der Waals surface area contributed by atoms with Crippen molar-refractivity contribution in [2.45, 2.75) is 18.4 Å². The van der Waals surface area contributed by atoms with Gasteiger partial charge in [-0.05, 0) is 5.56 Å². The van der Waals surface area contributed by atoms with Gasteiger partial charge in [-0.25, -0.2) is 0 Å². The predicted molar refractivity (Wildman–Crippen MR) is 66.3 cm³/mol. The van der Waals surface area contributed by atoms with E-state index >= 15 is 0 Å². The maximum absolute atomic E-state index is 10.8. The third-order valence-corrected chi connectivity index (χ3v) is 2.66. The molecule has 0 saturated carbocycles. The van der Waals surface area contributed by atoms with Gasteiger partial charge in [-0.15, -0.1) is 6.58 Å². The molecule has 0 amide bonds. The van der Waals surface area contributed by atoms with Gasteiger partial charge in [0, 0.05) is 24.1 Å². The molecule has 6 nitrogen and oxygen atoms in total. The molecular weight excluding hydrogens is 236 g/mol. The van der Waals surface area contributed by atoms with Crippen molar-refractivity contribution in [1.29, 1.82) is 0 Å². The van der Waals surface area contributed by atoms with E-state index < -0.39 is 22.9 Å². The third kappa shape index (κ3) is 3.39. The summed E-state index contributed by atoms with van der Waals surface area (Å²) in [4.78, 5) is 20.8. The fraction of sp³-hybridized carbons (Fsp3) is 0.250. The van der Waals surface area contributed by atoms with E-state index in [4.69, 9.17) is 10.8 Å². The third-order valence-electron chi connectivity index (χ3n) is 2.66. The zero-order valence-corrected chi connectivity index (χ0v) is 9.65. The molecule has 96 valence electrons. The highest BCUT2D eigenvalue weighted by Crippen LogP contribution is 2.25. The van der Waals surface area contributed by atoms with Crippen LogP contribution in [0.4, 0.5) is 5.69 Å². The highest BCUT2D eigenvalue weighted by atomic mass is 16.6. The molecule has 1 aromatic carbocycles. The number of carbonyl (C=O) groups is 1. The number of carboxylic acid groups (broad SMARTS) is 1. The van der Waals surface area contributed by atoms with Crippen molar-refractivity contribution < 1.29 is 14.8 Å². The smallest absolute Gasteiger partial charge is 0.304 e. The number of carboxylic acids is 1. The summed E-state index contributed by atoms with van der Waals surface area (Å²) in [7, 11) is 0. The summed E-state index contributed by atoms with van der Waals surface area (Å²) in [6.45, 7) is 3.53. The maximum Gasteiger partial charge on any atom is 0.304 e. The van der Waals surface area contributed by atoms with Crippen molar-refractivity contribution in [2.75, 3.05) is 0 Å². The summed E-state index contributed by atoms with van der Waals surface area (Å²) >= 11 is 0. The number of benzene rings is 1. The topological polar surface area (TPSA) is 106 Å². The minimum atomic E-state index is -0.976. The lowest BCUT2D eigenvalue weighted by atomic mass is 9.89. The molecule has 0 fully saturated rings. The van der Waals surface area contributed by atoms with E-state index in [2.05, 4.69) is 6.58 Å². The highest BCUT2D eigenvalue weighted by molar-refractivity contribution is 5.68. The standard InChI is InChI=1S/C12H14N2O4/c1-2-11(13)10(7-12(15)16)8-3-5-9(6-4-8)14(17)18/h2-6,10-11H,1,7,13H2,(H,15,16). The van der Waals surface area contributed by atoms with E-state index in [0.717, 1.165) is 0 Å². The molecule has 3 N–H and O–H groups in total. The highest BCUT2D eigenvalue weighted by Gasteiger charge is 2.21. The lowest BCUT2D eigenvalue weighted by molar-refractivity contribution is -0.384. The molecule has 0 aromatic heterocycles. The summed E-state index contributed by atoms with van der Waals surface area (Å²) in [5, 5.41) is 19.4. The Bertz CT molecular complexity index is 456. The average molecular weight is 250 g/mol. The van der Waals surface area contributed by atoms with Crippen LogP contribution in [0.15, 0.2) is 36.9 Å². The van der Waals surface area contributed by atoms with Crippen LogP contribution in [0.25, 0.3) is 0 Å². The van der Waals surface area contributed by atoms with Crippen LogP contribution < -0.4 is 5.73 Å². The van der Waals surface area contributed by atoms with Crippen molar-refractivity contribution in [3.8, 4) is 0 Å². The molecule has 6 heteroatoms. The van der Waals surface area contributed by atoms with Gasteiger partial charge < -0.3 is 10.8 Å². The van der Waals surface area contributed by atoms with Crippen LogP contribution >= 0.6 is 0 Å². The first kappa shape index (κ1) is 13.9. The molecule has 1 rings (SSSR count). The number of aliphatic carboxylic acids is 1. The molecule has 0 bridgehead atoms. The van der Waals surface area contributed by atoms with Crippen molar-refractivity contribution in [2.24, 2.45) is 5.73 Å². The molecule has 0 aliphatic heterocycles. The predicted octanol–water partition coefficient (Wildman–Crippen LogP) is 1.67. The van der Waals surface area contributed by atoms with Crippen molar-refractivity contribution in [1.82, 2.24) is 0 Å². The molecule has 0 saturated heterocycles. The molecule has 0 spiro atoms. The van der Waals surface area contributed by atoms with Crippen LogP contribution in [-0.4, -0.2) is 22.0 Å². The van der Waals surface area contributed by atoms with Crippen LogP contribution in [0.1, 0.15) is 17.9 Å². The summed E-state index contributed by atoms with van der Waals surface area (Å²) in [5.74, 6) is -1.42. The fourth-order valence-corrected chi connectivity index (χ4v) is 1.67. The van der Waals surface area contributed by atoms with Crippen LogP contribution in [0.3, 0.4) is 0 Å². The minimum Gasteiger partial charge on any atom is -0.481 e. The Morgan fingerprint density at radius 2 is 2.06 bits per heavy atom. The van der Waals surface area contributed by atoms with E-state index in [1.54, 1.807) is 0 Å². The second-order valence-corrected chi connectivity index (χ2v) is 3.87. The summed E-state index contributed by atoms with van der Waals surface area (Å²) in [6, 6.07) is 5.20. The van der Waals surface area contributed by atoms with Crippen LogP contribution in [-0.2, 0) is 4.79 Å². The molecule has 0 aliphatic carbocycles. The Morgan fingerprint density at radius 3 is 2.44 bits per heavy atom. The molecule has 0 aliphatic rings. The second-order valence-electron chi connectivity index (χ2n) is 3.87. The van der Waals surface area contributed by atoms with Crippen molar-refractivity contribution in [3.63, 3.8) is 0 Å². The van der Waals surface area contributed by atoms with Gasteiger partial charge in [0.15, 0.2) is 0 Å². The molecule has 2 atom stereocenters. The first-order valence-electron chi connectivity index (χ1n) is 5.30. The Morgan fingerprint density at radius 1 is 1.50 bits per heavy atom. The monoisotopic (exact) mass is 250 g/mol. The first-order valence-corrected chi connectivity index (χ1v) is 5.30.